The predicted molar refractivity (Wildman–Crippen MR) is 70.4 cm³/mol. The zero-order valence-electron chi connectivity index (χ0n) is 11.1. The number of rotatable bonds is 2. The highest BCUT2D eigenvalue weighted by molar-refractivity contribution is 6.33. The number of aromatic nitrogens is 1. The number of nitrogens with two attached hydrogens (primary N) is 1. The molecule has 1 aromatic heterocycles. The van der Waals surface area contributed by atoms with Gasteiger partial charge in [0.25, 0.3) is 0 Å². The van der Waals surface area contributed by atoms with Crippen LogP contribution in [0.15, 0.2) is 12.3 Å². The van der Waals surface area contributed by atoms with Crippen molar-refractivity contribution >= 4 is 23.5 Å². The van der Waals surface area contributed by atoms with E-state index in [1.165, 1.54) is 4.90 Å². The molecule has 10 heteroatoms. The maximum Gasteiger partial charge on any atom is 0.417 e. The van der Waals surface area contributed by atoms with Gasteiger partial charge in [-0.25, -0.2) is 14.2 Å². The number of carbonyl (C=O) groups is 1. The molecule has 1 aliphatic rings. The van der Waals surface area contributed by atoms with Crippen molar-refractivity contribution in [2.24, 2.45) is 5.73 Å². The third-order valence-electron chi connectivity index (χ3n) is 3.19. The van der Waals surface area contributed by atoms with E-state index in [1.54, 1.807) is 0 Å². The van der Waals surface area contributed by atoms with Gasteiger partial charge in [-0.15, -0.1) is 0 Å². The van der Waals surface area contributed by atoms with Crippen LogP contribution in [0.1, 0.15) is 12.0 Å². The van der Waals surface area contributed by atoms with Gasteiger partial charge in [0.05, 0.1) is 17.1 Å². The minimum atomic E-state index is -4.56. The normalized spacial score (nSPS) is 22.5. The lowest BCUT2D eigenvalue weighted by Crippen LogP contribution is -2.48. The lowest BCUT2D eigenvalue weighted by Gasteiger charge is -2.35. The lowest BCUT2D eigenvalue weighted by molar-refractivity contribution is -0.137. The van der Waals surface area contributed by atoms with Gasteiger partial charge in [-0.2, -0.15) is 13.2 Å². The summed E-state index contributed by atoms with van der Waals surface area (Å²) in [6.07, 6.45) is -7.55. The second-order valence-corrected chi connectivity index (χ2v) is 5.16. The van der Waals surface area contributed by atoms with Gasteiger partial charge in [0.2, 0.25) is 0 Å². The van der Waals surface area contributed by atoms with Crippen molar-refractivity contribution in [1.29, 1.82) is 0 Å². The minimum Gasteiger partial charge on any atom is -0.441 e. The summed E-state index contributed by atoms with van der Waals surface area (Å²) in [5.74, 6) is 0.0691. The van der Waals surface area contributed by atoms with Gasteiger partial charge in [0, 0.05) is 12.7 Å². The Kier molecular flexibility index (Phi) is 4.64. The second-order valence-electron chi connectivity index (χ2n) is 4.75. The Balaban J connectivity index is 2.19. The molecule has 1 fully saturated rings. The third-order valence-corrected chi connectivity index (χ3v) is 3.47. The Bertz CT molecular complexity index is 570. The summed E-state index contributed by atoms with van der Waals surface area (Å²) in [6.45, 7) is 0.0834. The number of hydrogen-bond acceptors (Lipinski definition) is 4. The first-order chi connectivity index (χ1) is 10.2. The van der Waals surface area contributed by atoms with Gasteiger partial charge in [-0.3, -0.25) is 0 Å². The number of pyridine rings is 1. The van der Waals surface area contributed by atoms with E-state index in [4.69, 9.17) is 17.3 Å². The molecule has 2 rings (SSSR count). The van der Waals surface area contributed by atoms with Crippen LogP contribution in [0.25, 0.3) is 0 Å². The fourth-order valence-electron chi connectivity index (χ4n) is 2.16. The zero-order valence-corrected chi connectivity index (χ0v) is 11.9. The molecule has 122 valence electrons. The predicted octanol–water partition coefficient (Wildman–Crippen LogP) is 2.77. The highest BCUT2D eigenvalue weighted by Gasteiger charge is 2.35. The van der Waals surface area contributed by atoms with Gasteiger partial charge >= 0.3 is 12.3 Å². The summed E-state index contributed by atoms with van der Waals surface area (Å²) in [5.41, 5.74) is 3.87. The Morgan fingerprint density at radius 1 is 1.50 bits per heavy atom. The van der Waals surface area contributed by atoms with Gasteiger partial charge in [-0.1, -0.05) is 11.6 Å². The molecule has 0 unspecified atom stereocenters. The molecule has 1 aliphatic heterocycles. The monoisotopic (exact) mass is 341 g/mol. The molecule has 2 heterocycles. The van der Waals surface area contributed by atoms with Crippen LogP contribution in [0.3, 0.4) is 0 Å². The standard InChI is InChI=1S/C12H12ClF4N3O2/c13-7-3-6(12(15,16)17)4-19-10(7)20-2-1-8(14)9(5-20)22-11(18)21/h3-4,8-9H,1-2,5H2,(H2,18,21)/t8-,9+/m1/s1. The van der Waals surface area contributed by atoms with E-state index in [0.29, 0.717) is 6.20 Å². The van der Waals surface area contributed by atoms with Gasteiger partial charge in [0.1, 0.15) is 12.0 Å². The number of nitrogens with zero attached hydrogens (tertiary/aromatic N) is 2. The molecule has 0 radical (unpaired) electrons. The minimum absolute atomic E-state index is 0.0109. The Labute approximate surface area is 128 Å². The highest BCUT2D eigenvalue weighted by atomic mass is 35.5. The second kappa shape index (κ2) is 6.15. The van der Waals surface area contributed by atoms with Crippen molar-refractivity contribution in [3.8, 4) is 0 Å². The van der Waals surface area contributed by atoms with Gasteiger partial charge in [-0.05, 0) is 12.5 Å². The largest absolute Gasteiger partial charge is 0.441 e. The number of anilines is 1. The molecule has 0 bridgehead atoms. The van der Waals surface area contributed by atoms with Crippen LogP contribution >= 0.6 is 11.6 Å². The van der Waals surface area contributed by atoms with Crippen molar-refractivity contribution in [3.05, 3.63) is 22.8 Å². The molecular formula is C12H12ClF4N3O2. The van der Waals surface area contributed by atoms with Crippen LogP contribution in [-0.2, 0) is 10.9 Å². The number of alkyl halides is 4. The van der Waals surface area contributed by atoms with E-state index in [0.717, 1.165) is 6.07 Å². The molecule has 5 nitrogen and oxygen atoms in total. The quantitative estimate of drug-likeness (QED) is 0.840. The summed E-state index contributed by atoms with van der Waals surface area (Å²) in [4.78, 5) is 15.9. The molecule has 0 aromatic carbocycles. The molecule has 2 N–H and O–H groups in total. The first-order valence-corrected chi connectivity index (χ1v) is 6.64. The van der Waals surface area contributed by atoms with Crippen LogP contribution in [0.5, 0.6) is 0 Å². The van der Waals surface area contributed by atoms with E-state index in [9.17, 15) is 22.4 Å². The molecule has 0 saturated carbocycles. The molecular weight excluding hydrogens is 330 g/mol. The van der Waals surface area contributed by atoms with Gasteiger partial charge in [0.15, 0.2) is 6.10 Å². The Hall–Kier alpha value is -1.77. The van der Waals surface area contributed by atoms with E-state index < -0.39 is 30.1 Å². The number of amides is 1. The van der Waals surface area contributed by atoms with Crippen LogP contribution in [0, 0.1) is 0 Å². The lowest BCUT2D eigenvalue weighted by atomic mass is 10.1. The molecule has 1 aromatic rings. The van der Waals surface area contributed by atoms with Crippen molar-refractivity contribution in [3.63, 3.8) is 0 Å². The van der Waals surface area contributed by atoms with Gasteiger partial charge < -0.3 is 15.4 Å². The third kappa shape index (κ3) is 3.70. The van der Waals surface area contributed by atoms with E-state index in [-0.39, 0.29) is 30.4 Å². The fraction of sp³-hybridized carbons (Fsp3) is 0.500. The molecule has 0 spiro atoms. The number of carbonyl (C=O) groups excluding carboxylic acids is 1. The maximum absolute atomic E-state index is 13.7. The van der Waals surface area contributed by atoms with Crippen LogP contribution in [0.2, 0.25) is 5.02 Å². The van der Waals surface area contributed by atoms with Crippen molar-refractivity contribution in [1.82, 2.24) is 4.98 Å². The zero-order chi connectivity index (χ0) is 16.5. The van der Waals surface area contributed by atoms with Crippen molar-refractivity contribution < 1.29 is 27.1 Å². The van der Waals surface area contributed by atoms with E-state index in [1.807, 2.05) is 0 Å². The molecule has 1 amide bonds. The van der Waals surface area contributed by atoms with Crippen LogP contribution in [-0.4, -0.2) is 36.4 Å². The number of halogens is 5. The smallest absolute Gasteiger partial charge is 0.417 e. The maximum atomic E-state index is 13.7. The van der Waals surface area contributed by atoms with Crippen molar-refractivity contribution in [2.75, 3.05) is 18.0 Å². The van der Waals surface area contributed by atoms with E-state index in [2.05, 4.69) is 9.72 Å². The molecule has 0 aliphatic carbocycles. The van der Waals surface area contributed by atoms with Crippen molar-refractivity contribution in [2.45, 2.75) is 24.9 Å². The van der Waals surface area contributed by atoms with Crippen LogP contribution in [0.4, 0.5) is 28.2 Å². The number of primary amides is 1. The average Bonchev–Trinajstić information content (AvgIpc) is 2.40. The first-order valence-electron chi connectivity index (χ1n) is 6.26. The number of piperidine rings is 1. The summed E-state index contributed by atoms with van der Waals surface area (Å²) >= 11 is 5.83. The average molecular weight is 342 g/mol. The Morgan fingerprint density at radius 2 is 2.18 bits per heavy atom. The summed E-state index contributed by atoms with van der Waals surface area (Å²) < 4.78 is 56.0. The summed E-state index contributed by atoms with van der Waals surface area (Å²) in [7, 11) is 0. The number of ether oxygens (including phenoxy) is 1. The topological polar surface area (TPSA) is 68.5 Å². The highest BCUT2D eigenvalue weighted by Crippen LogP contribution is 2.34. The molecule has 22 heavy (non-hydrogen) atoms. The summed E-state index contributed by atoms with van der Waals surface area (Å²) in [6, 6.07) is 0.745. The molecule has 2 atom stereocenters. The SMILES string of the molecule is NC(=O)O[C@H]1CN(c2ncc(C(F)(F)F)cc2Cl)CC[C@H]1F. The number of hydrogen-bond donors (Lipinski definition) is 1. The first kappa shape index (κ1) is 16.6. The van der Waals surface area contributed by atoms with E-state index >= 15 is 0 Å². The fourth-order valence-corrected chi connectivity index (χ4v) is 2.44. The summed E-state index contributed by atoms with van der Waals surface area (Å²) in [5, 5.41) is -0.218. The molecule has 1 saturated heterocycles. The van der Waals surface area contributed by atoms with Crippen LogP contribution < -0.4 is 10.6 Å². The Morgan fingerprint density at radius 3 is 2.73 bits per heavy atom.